The van der Waals surface area contributed by atoms with E-state index in [1.807, 2.05) is 25.1 Å². The van der Waals surface area contributed by atoms with Gasteiger partial charge in [-0.3, -0.25) is 0 Å². The minimum atomic E-state index is -0.784. The fraction of sp³-hybridized carbons (Fsp3) is 0.143. The number of hydrogen-bond acceptors (Lipinski definition) is 1. The summed E-state index contributed by atoms with van der Waals surface area (Å²) in [6, 6.07) is 11.0. The summed E-state index contributed by atoms with van der Waals surface area (Å²) in [7, 11) is 0. The molecule has 18 heavy (non-hydrogen) atoms. The van der Waals surface area contributed by atoms with E-state index in [4.69, 9.17) is 23.2 Å². The highest BCUT2D eigenvalue weighted by atomic mass is 79.9. The summed E-state index contributed by atoms with van der Waals surface area (Å²) in [5, 5.41) is 11.3. The van der Waals surface area contributed by atoms with Gasteiger partial charge in [-0.15, -0.1) is 0 Å². The van der Waals surface area contributed by atoms with Crippen LogP contribution < -0.4 is 0 Å². The fourth-order valence-electron chi connectivity index (χ4n) is 1.81. The standard InChI is InChI=1S/C14H11BrCl2O/c1-8-5-6-9(15)7-11(8)14(18)10-3-2-4-12(16)13(10)17/h2-7,14,18H,1H3. The molecule has 1 nitrogen and oxygen atoms in total. The molecule has 4 heteroatoms. The van der Waals surface area contributed by atoms with Gasteiger partial charge in [0.2, 0.25) is 0 Å². The lowest BCUT2D eigenvalue weighted by atomic mass is 9.97. The number of aryl methyl sites for hydroxylation is 1. The van der Waals surface area contributed by atoms with E-state index >= 15 is 0 Å². The minimum absolute atomic E-state index is 0.394. The van der Waals surface area contributed by atoms with Gasteiger partial charge in [0.05, 0.1) is 10.0 Å². The summed E-state index contributed by atoms with van der Waals surface area (Å²) in [5.41, 5.74) is 2.43. The van der Waals surface area contributed by atoms with Crippen molar-refractivity contribution in [1.82, 2.24) is 0 Å². The normalized spacial score (nSPS) is 12.5. The Morgan fingerprint density at radius 3 is 2.56 bits per heavy atom. The molecule has 0 aliphatic rings. The van der Waals surface area contributed by atoms with Crippen LogP contribution in [0, 0.1) is 6.92 Å². The predicted octanol–water partition coefficient (Wildman–Crippen LogP) is 5.15. The van der Waals surface area contributed by atoms with Gasteiger partial charge in [0.1, 0.15) is 6.10 Å². The van der Waals surface area contributed by atoms with Crippen LogP contribution in [0.4, 0.5) is 0 Å². The van der Waals surface area contributed by atoms with Crippen LogP contribution in [0.2, 0.25) is 10.0 Å². The van der Waals surface area contributed by atoms with Gasteiger partial charge in [-0.25, -0.2) is 0 Å². The molecule has 2 rings (SSSR count). The average Bonchev–Trinajstić information content (AvgIpc) is 2.35. The number of halogens is 3. The highest BCUT2D eigenvalue weighted by molar-refractivity contribution is 9.10. The van der Waals surface area contributed by atoms with Crippen molar-refractivity contribution in [3.05, 3.63) is 67.6 Å². The molecule has 0 aliphatic heterocycles. The molecular formula is C14H11BrCl2O. The second-order valence-electron chi connectivity index (χ2n) is 4.05. The van der Waals surface area contributed by atoms with Crippen molar-refractivity contribution >= 4 is 39.1 Å². The van der Waals surface area contributed by atoms with Crippen LogP contribution >= 0.6 is 39.1 Å². The molecule has 2 aromatic carbocycles. The van der Waals surface area contributed by atoms with E-state index in [0.717, 1.165) is 15.6 Å². The van der Waals surface area contributed by atoms with Gasteiger partial charge in [-0.2, -0.15) is 0 Å². The second-order valence-corrected chi connectivity index (χ2v) is 5.75. The number of aliphatic hydroxyl groups excluding tert-OH is 1. The van der Waals surface area contributed by atoms with Gasteiger partial charge >= 0.3 is 0 Å². The van der Waals surface area contributed by atoms with Crippen LogP contribution in [-0.2, 0) is 0 Å². The quantitative estimate of drug-likeness (QED) is 0.798. The van der Waals surface area contributed by atoms with Crippen molar-refractivity contribution < 1.29 is 5.11 Å². The molecular weight excluding hydrogens is 335 g/mol. The van der Waals surface area contributed by atoms with Crippen LogP contribution in [0.25, 0.3) is 0 Å². The molecule has 1 atom stereocenters. The summed E-state index contributed by atoms with van der Waals surface area (Å²) in [4.78, 5) is 0. The van der Waals surface area contributed by atoms with Gasteiger partial charge < -0.3 is 5.11 Å². The van der Waals surface area contributed by atoms with Crippen LogP contribution in [0.1, 0.15) is 22.8 Å². The van der Waals surface area contributed by atoms with Crippen molar-refractivity contribution in [2.45, 2.75) is 13.0 Å². The first-order valence-electron chi connectivity index (χ1n) is 5.38. The first-order valence-corrected chi connectivity index (χ1v) is 6.93. The average molecular weight is 346 g/mol. The number of aliphatic hydroxyl groups is 1. The summed E-state index contributed by atoms with van der Waals surface area (Å²) in [6.45, 7) is 1.95. The lowest BCUT2D eigenvalue weighted by Gasteiger charge is -2.16. The maximum Gasteiger partial charge on any atom is 0.106 e. The third-order valence-electron chi connectivity index (χ3n) is 2.81. The Balaban J connectivity index is 2.51. The Morgan fingerprint density at radius 1 is 1.11 bits per heavy atom. The number of hydrogen-bond donors (Lipinski definition) is 1. The maximum absolute atomic E-state index is 10.4. The fourth-order valence-corrected chi connectivity index (χ4v) is 2.60. The van der Waals surface area contributed by atoms with E-state index in [9.17, 15) is 5.11 Å². The molecule has 0 saturated carbocycles. The molecule has 94 valence electrons. The molecule has 1 N–H and O–H groups in total. The SMILES string of the molecule is Cc1ccc(Br)cc1C(O)c1cccc(Cl)c1Cl. The first-order chi connectivity index (χ1) is 8.50. The first kappa shape index (κ1) is 13.9. The second kappa shape index (κ2) is 5.62. The Hall–Kier alpha value is -0.540. The molecule has 0 aromatic heterocycles. The molecule has 1 unspecified atom stereocenters. The van der Waals surface area contributed by atoms with Crippen LogP contribution in [0.15, 0.2) is 40.9 Å². The van der Waals surface area contributed by atoms with Crippen molar-refractivity contribution in [3.8, 4) is 0 Å². The Bertz CT molecular complexity index is 582. The molecule has 0 saturated heterocycles. The predicted molar refractivity (Wildman–Crippen MR) is 79.4 cm³/mol. The monoisotopic (exact) mass is 344 g/mol. The highest BCUT2D eigenvalue weighted by Gasteiger charge is 2.17. The third kappa shape index (κ3) is 2.72. The van der Waals surface area contributed by atoms with E-state index in [0.29, 0.717) is 15.6 Å². The van der Waals surface area contributed by atoms with Gasteiger partial charge in [0.15, 0.2) is 0 Å². The van der Waals surface area contributed by atoms with Crippen molar-refractivity contribution in [3.63, 3.8) is 0 Å². The molecule has 0 bridgehead atoms. The molecule has 0 fully saturated rings. The molecule has 0 radical (unpaired) electrons. The van der Waals surface area contributed by atoms with E-state index in [1.54, 1.807) is 18.2 Å². The molecule has 2 aromatic rings. The van der Waals surface area contributed by atoms with E-state index in [-0.39, 0.29) is 0 Å². The van der Waals surface area contributed by atoms with Crippen molar-refractivity contribution in [2.75, 3.05) is 0 Å². The van der Waals surface area contributed by atoms with E-state index in [1.165, 1.54) is 0 Å². The summed E-state index contributed by atoms with van der Waals surface area (Å²) in [5.74, 6) is 0. The van der Waals surface area contributed by atoms with E-state index < -0.39 is 6.10 Å². The molecule has 0 amide bonds. The molecule has 0 aliphatic carbocycles. The lowest BCUT2D eigenvalue weighted by molar-refractivity contribution is 0.219. The summed E-state index contributed by atoms with van der Waals surface area (Å²) in [6.07, 6.45) is -0.784. The van der Waals surface area contributed by atoms with Crippen LogP contribution in [0.3, 0.4) is 0 Å². The maximum atomic E-state index is 10.4. The smallest absolute Gasteiger partial charge is 0.106 e. The minimum Gasteiger partial charge on any atom is -0.384 e. The number of rotatable bonds is 2. The largest absolute Gasteiger partial charge is 0.384 e. The van der Waals surface area contributed by atoms with Gasteiger partial charge in [-0.05, 0) is 36.2 Å². The molecule has 0 heterocycles. The van der Waals surface area contributed by atoms with Gasteiger partial charge in [0, 0.05) is 10.0 Å². The zero-order chi connectivity index (χ0) is 13.3. The van der Waals surface area contributed by atoms with Crippen molar-refractivity contribution in [2.24, 2.45) is 0 Å². The number of benzene rings is 2. The van der Waals surface area contributed by atoms with E-state index in [2.05, 4.69) is 15.9 Å². The zero-order valence-electron chi connectivity index (χ0n) is 9.62. The molecule has 0 spiro atoms. The van der Waals surface area contributed by atoms with Gasteiger partial charge in [0.25, 0.3) is 0 Å². The third-order valence-corrected chi connectivity index (χ3v) is 4.14. The summed E-state index contributed by atoms with van der Waals surface area (Å²) >= 11 is 15.5. The van der Waals surface area contributed by atoms with Crippen LogP contribution in [-0.4, -0.2) is 5.11 Å². The van der Waals surface area contributed by atoms with Crippen molar-refractivity contribution in [1.29, 1.82) is 0 Å². The van der Waals surface area contributed by atoms with Crippen LogP contribution in [0.5, 0.6) is 0 Å². The highest BCUT2D eigenvalue weighted by Crippen LogP contribution is 2.34. The summed E-state index contributed by atoms with van der Waals surface area (Å²) < 4.78 is 0.917. The van der Waals surface area contributed by atoms with Gasteiger partial charge in [-0.1, -0.05) is 57.3 Å². The topological polar surface area (TPSA) is 20.2 Å². The Morgan fingerprint density at radius 2 is 1.83 bits per heavy atom. The zero-order valence-corrected chi connectivity index (χ0v) is 12.7. The Kier molecular flexibility index (Phi) is 4.33. The Labute approximate surface area is 124 Å². The lowest BCUT2D eigenvalue weighted by Crippen LogP contribution is -2.03.